The van der Waals surface area contributed by atoms with Gasteiger partial charge < -0.3 is 14.7 Å². The molecule has 3 aromatic carbocycles. The summed E-state index contributed by atoms with van der Waals surface area (Å²) in [5.41, 5.74) is 0.711. The summed E-state index contributed by atoms with van der Waals surface area (Å²) in [5, 5.41) is 11.8. The van der Waals surface area contributed by atoms with Gasteiger partial charge in [-0.1, -0.05) is 54.6 Å². The first-order valence-corrected chi connectivity index (χ1v) is 10.8. The van der Waals surface area contributed by atoms with Crippen LogP contribution in [0.3, 0.4) is 0 Å². The molecule has 0 aliphatic carbocycles. The average molecular weight is 418 g/mol. The largest absolute Gasteiger partial charge is 0.494 e. The Balaban J connectivity index is 1.36. The van der Waals surface area contributed by atoms with Crippen LogP contribution in [0.4, 0.5) is 0 Å². The van der Waals surface area contributed by atoms with E-state index in [9.17, 15) is 14.7 Å². The molecule has 0 spiro atoms. The highest BCUT2D eigenvalue weighted by Crippen LogP contribution is 2.30. The third kappa shape index (κ3) is 4.88. The topological polar surface area (TPSA) is 66.8 Å². The monoisotopic (exact) mass is 417 g/mol. The Hall–Kier alpha value is -3.34. The maximum atomic E-state index is 13.1. The summed E-state index contributed by atoms with van der Waals surface area (Å²) < 4.78 is 5.71. The maximum absolute atomic E-state index is 13.1. The molecule has 1 fully saturated rings. The van der Waals surface area contributed by atoms with Gasteiger partial charge in [-0.15, -0.1) is 0 Å². The maximum Gasteiger partial charge on any atom is 0.306 e. The van der Waals surface area contributed by atoms with Crippen LogP contribution in [-0.4, -0.2) is 41.6 Å². The van der Waals surface area contributed by atoms with Crippen molar-refractivity contribution in [3.63, 3.8) is 0 Å². The SMILES string of the molecule is O=C(O)C(CCOc1ccccc1)C1CCN(C(=O)c2cccc3ccccc23)CC1. The Kier molecular flexibility index (Phi) is 6.51. The van der Waals surface area contributed by atoms with Crippen LogP contribution in [0.1, 0.15) is 29.6 Å². The van der Waals surface area contributed by atoms with Gasteiger partial charge in [0.15, 0.2) is 0 Å². The van der Waals surface area contributed by atoms with E-state index in [0.29, 0.717) is 44.5 Å². The molecule has 1 N–H and O–H groups in total. The number of piperidine rings is 1. The number of carbonyl (C=O) groups is 2. The number of ether oxygens (including phenoxy) is 1. The molecule has 1 aliphatic heterocycles. The van der Waals surface area contributed by atoms with Crippen molar-refractivity contribution in [2.45, 2.75) is 19.3 Å². The van der Waals surface area contributed by atoms with Crippen LogP contribution in [0.25, 0.3) is 10.8 Å². The zero-order chi connectivity index (χ0) is 21.6. The number of benzene rings is 3. The number of amides is 1. The predicted molar refractivity (Wildman–Crippen MR) is 120 cm³/mol. The Bertz CT molecular complexity index is 1040. The van der Waals surface area contributed by atoms with E-state index in [2.05, 4.69) is 0 Å². The van der Waals surface area contributed by atoms with Crippen molar-refractivity contribution >= 4 is 22.6 Å². The Labute approximate surface area is 182 Å². The number of aliphatic carboxylic acids is 1. The molecule has 1 aliphatic rings. The quantitative estimate of drug-likeness (QED) is 0.596. The molecule has 1 unspecified atom stereocenters. The minimum absolute atomic E-state index is 0.0227. The second-order valence-corrected chi connectivity index (χ2v) is 8.05. The number of fused-ring (bicyclic) bond motifs is 1. The van der Waals surface area contributed by atoms with Gasteiger partial charge in [0.25, 0.3) is 5.91 Å². The second-order valence-electron chi connectivity index (χ2n) is 8.05. The second kappa shape index (κ2) is 9.65. The first-order chi connectivity index (χ1) is 15.1. The lowest BCUT2D eigenvalue weighted by Gasteiger charge is -2.35. The van der Waals surface area contributed by atoms with Gasteiger partial charge in [0.05, 0.1) is 12.5 Å². The third-order valence-corrected chi connectivity index (χ3v) is 6.17. The zero-order valence-corrected chi connectivity index (χ0v) is 17.4. The van der Waals surface area contributed by atoms with E-state index < -0.39 is 11.9 Å². The van der Waals surface area contributed by atoms with Crippen molar-refractivity contribution in [2.75, 3.05) is 19.7 Å². The van der Waals surface area contributed by atoms with E-state index in [1.165, 1.54) is 0 Å². The van der Waals surface area contributed by atoms with Gasteiger partial charge >= 0.3 is 5.97 Å². The highest BCUT2D eigenvalue weighted by molar-refractivity contribution is 6.07. The van der Waals surface area contributed by atoms with Crippen molar-refractivity contribution in [1.82, 2.24) is 4.90 Å². The Morgan fingerprint density at radius 1 is 0.935 bits per heavy atom. The summed E-state index contributed by atoms with van der Waals surface area (Å²) in [4.78, 5) is 26.9. The fourth-order valence-corrected chi connectivity index (χ4v) is 4.47. The summed E-state index contributed by atoms with van der Waals surface area (Å²) in [6.07, 6.45) is 1.85. The molecule has 5 heteroatoms. The van der Waals surface area contributed by atoms with E-state index in [1.54, 1.807) is 0 Å². The molecule has 160 valence electrons. The van der Waals surface area contributed by atoms with Crippen molar-refractivity contribution in [3.05, 3.63) is 78.4 Å². The van der Waals surface area contributed by atoms with Gasteiger partial charge in [0.2, 0.25) is 0 Å². The van der Waals surface area contributed by atoms with Crippen molar-refractivity contribution in [2.24, 2.45) is 11.8 Å². The lowest BCUT2D eigenvalue weighted by atomic mass is 9.82. The van der Waals surface area contributed by atoms with Crippen LogP contribution in [0.2, 0.25) is 0 Å². The average Bonchev–Trinajstić information content (AvgIpc) is 2.82. The standard InChI is InChI=1S/C26H27NO4/c28-25(24-12-6-8-19-7-4-5-11-22(19)24)27-16-13-20(14-17-27)23(26(29)30)15-18-31-21-9-2-1-3-10-21/h1-12,20,23H,13-18H2,(H,29,30). The van der Waals surface area contributed by atoms with Crippen LogP contribution >= 0.6 is 0 Å². The fourth-order valence-electron chi connectivity index (χ4n) is 4.47. The molecule has 5 nitrogen and oxygen atoms in total. The molecule has 1 amide bonds. The highest BCUT2D eigenvalue weighted by atomic mass is 16.5. The van der Waals surface area contributed by atoms with Crippen LogP contribution < -0.4 is 4.74 Å². The fraction of sp³-hybridized carbons (Fsp3) is 0.308. The smallest absolute Gasteiger partial charge is 0.306 e. The highest BCUT2D eigenvalue weighted by Gasteiger charge is 2.33. The Morgan fingerprint density at radius 2 is 1.61 bits per heavy atom. The summed E-state index contributed by atoms with van der Waals surface area (Å²) in [6.45, 7) is 1.53. The first kappa shape index (κ1) is 20.9. The van der Waals surface area contributed by atoms with Crippen molar-refractivity contribution in [3.8, 4) is 5.75 Å². The molecule has 1 atom stereocenters. The normalized spacial score (nSPS) is 15.5. The van der Waals surface area contributed by atoms with Crippen LogP contribution in [0.15, 0.2) is 72.8 Å². The molecular weight excluding hydrogens is 390 g/mol. The van der Waals surface area contributed by atoms with E-state index in [1.807, 2.05) is 77.7 Å². The molecule has 1 saturated heterocycles. The number of para-hydroxylation sites is 1. The number of rotatable bonds is 7. The lowest BCUT2D eigenvalue weighted by molar-refractivity contribution is -0.144. The van der Waals surface area contributed by atoms with Gasteiger partial charge in [-0.05, 0) is 54.2 Å². The number of hydrogen-bond acceptors (Lipinski definition) is 3. The van der Waals surface area contributed by atoms with E-state index >= 15 is 0 Å². The number of nitrogens with zero attached hydrogens (tertiary/aromatic N) is 1. The Morgan fingerprint density at radius 3 is 2.35 bits per heavy atom. The molecule has 0 radical (unpaired) electrons. The first-order valence-electron chi connectivity index (χ1n) is 10.8. The van der Waals surface area contributed by atoms with Crippen LogP contribution in [-0.2, 0) is 4.79 Å². The van der Waals surface area contributed by atoms with Crippen LogP contribution in [0, 0.1) is 11.8 Å². The third-order valence-electron chi connectivity index (χ3n) is 6.17. The summed E-state index contributed by atoms with van der Waals surface area (Å²) in [5.74, 6) is -0.417. The number of hydrogen-bond donors (Lipinski definition) is 1. The lowest BCUT2D eigenvalue weighted by Crippen LogP contribution is -2.41. The van der Waals surface area contributed by atoms with Gasteiger partial charge in [0.1, 0.15) is 5.75 Å². The molecule has 0 saturated carbocycles. The van der Waals surface area contributed by atoms with Crippen molar-refractivity contribution < 1.29 is 19.4 Å². The molecule has 4 rings (SSSR count). The molecule has 31 heavy (non-hydrogen) atoms. The molecule has 0 aromatic heterocycles. The molecule has 1 heterocycles. The number of carbonyl (C=O) groups excluding carboxylic acids is 1. The summed E-state index contributed by atoms with van der Waals surface area (Å²) in [6, 6.07) is 23.1. The minimum atomic E-state index is -0.782. The summed E-state index contributed by atoms with van der Waals surface area (Å²) in [7, 11) is 0. The van der Waals surface area contributed by atoms with Gasteiger partial charge in [0, 0.05) is 18.7 Å². The minimum Gasteiger partial charge on any atom is -0.494 e. The number of carboxylic acids is 1. The van der Waals surface area contributed by atoms with E-state index in [4.69, 9.17) is 4.74 Å². The molecule has 3 aromatic rings. The number of likely N-dealkylation sites (tertiary alicyclic amines) is 1. The number of carboxylic acid groups (broad SMARTS) is 1. The molecular formula is C26H27NO4. The summed E-state index contributed by atoms with van der Waals surface area (Å²) >= 11 is 0. The zero-order valence-electron chi connectivity index (χ0n) is 17.4. The molecule has 0 bridgehead atoms. The van der Waals surface area contributed by atoms with E-state index in [0.717, 1.165) is 16.5 Å². The van der Waals surface area contributed by atoms with E-state index in [-0.39, 0.29) is 11.8 Å². The predicted octanol–water partition coefficient (Wildman–Crippen LogP) is 4.86. The van der Waals surface area contributed by atoms with Crippen molar-refractivity contribution in [1.29, 1.82) is 0 Å². The van der Waals surface area contributed by atoms with Gasteiger partial charge in [-0.2, -0.15) is 0 Å². The van der Waals surface area contributed by atoms with Gasteiger partial charge in [-0.25, -0.2) is 0 Å². The van der Waals surface area contributed by atoms with Gasteiger partial charge in [-0.3, -0.25) is 9.59 Å². The van der Waals surface area contributed by atoms with Crippen LogP contribution in [0.5, 0.6) is 5.75 Å².